The van der Waals surface area contributed by atoms with Gasteiger partial charge in [0.1, 0.15) is 12.4 Å². The molecule has 1 aromatic heterocycles. The number of hydrogen-bond acceptors (Lipinski definition) is 0. The fourth-order valence-corrected chi connectivity index (χ4v) is 5.71. The molecule has 2 atom stereocenters. The lowest BCUT2D eigenvalue weighted by molar-refractivity contribution is -0.727. The van der Waals surface area contributed by atoms with Gasteiger partial charge in [-0.3, -0.25) is 0 Å². The van der Waals surface area contributed by atoms with Crippen LogP contribution in [0.5, 0.6) is 0 Å². The van der Waals surface area contributed by atoms with Crippen LogP contribution in [0.15, 0.2) is 12.4 Å². The van der Waals surface area contributed by atoms with Gasteiger partial charge in [0.2, 0.25) is 0 Å². The minimum absolute atomic E-state index is 0.623. The van der Waals surface area contributed by atoms with Gasteiger partial charge in [0, 0.05) is 0 Å². The van der Waals surface area contributed by atoms with Crippen molar-refractivity contribution in [3.8, 4) is 0 Å². The molecule has 1 N–H and O–H groups in total. The lowest BCUT2D eigenvalue weighted by atomic mass is 9.93. The van der Waals surface area contributed by atoms with Gasteiger partial charge in [0.15, 0.2) is 0 Å². The number of aromatic amines is 1. The number of H-pyrrole nitrogens is 1. The Morgan fingerprint density at radius 2 is 0.943 bits per heavy atom. The molecule has 0 bridgehead atoms. The van der Waals surface area contributed by atoms with Crippen LogP contribution >= 0.6 is 0 Å². The maximum atomic E-state index is 3.67. The van der Waals surface area contributed by atoms with Gasteiger partial charge < -0.3 is 0 Å². The first-order valence-electron chi connectivity index (χ1n) is 16.3. The van der Waals surface area contributed by atoms with Gasteiger partial charge in [-0.2, -0.15) is 0 Å². The second-order valence-corrected chi connectivity index (χ2v) is 11.5. The summed E-state index contributed by atoms with van der Waals surface area (Å²) in [6.07, 6.45) is 38.3. The number of hydrogen-bond donors (Lipinski definition) is 1. The molecule has 0 amide bonds. The monoisotopic (exact) mass is 490 g/mol. The normalized spacial score (nSPS) is 13.4. The largest absolute Gasteiger partial charge is 0.257 e. The van der Waals surface area contributed by atoms with Crippen LogP contribution in [-0.2, 0) is 0 Å². The van der Waals surface area contributed by atoms with E-state index in [1.54, 1.807) is 0 Å². The van der Waals surface area contributed by atoms with E-state index in [0.717, 1.165) is 0 Å². The molecule has 0 aliphatic carbocycles. The second-order valence-electron chi connectivity index (χ2n) is 11.5. The summed E-state index contributed by atoms with van der Waals surface area (Å²) in [4.78, 5) is 3.67. The predicted molar refractivity (Wildman–Crippen MR) is 156 cm³/mol. The Hall–Kier alpha value is -0.790. The Kier molecular flexibility index (Phi) is 21.7. The van der Waals surface area contributed by atoms with E-state index in [0.29, 0.717) is 12.0 Å². The molecule has 2 nitrogen and oxygen atoms in total. The summed E-state index contributed by atoms with van der Waals surface area (Å²) in [5, 5.41) is 0. The Morgan fingerprint density at radius 3 is 1.43 bits per heavy atom. The summed E-state index contributed by atoms with van der Waals surface area (Å²) in [7, 11) is 0. The quantitative estimate of drug-likeness (QED) is 0.0985. The van der Waals surface area contributed by atoms with Gasteiger partial charge in [-0.25, -0.2) is 9.55 Å². The molecule has 0 radical (unpaired) electrons. The molecule has 0 aliphatic rings. The van der Waals surface area contributed by atoms with Crippen LogP contribution in [0, 0.1) is 0 Å². The van der Waals surface area contributed by atoms with Gasteiger partial charge >= 0.3 is 0 Å². The van der Waals surface area contributed by atoms with E-state index in [2.05, 4.69) is 49.6 Å². The Morgan fingerprint density at radius 1 is 0.543 bits per heavy atom. The zero-order chi connectivity index (χ0) is 25.4. The molecule has 0 saturated heterocycles. The highest BCUT2D eigenvalue weighted by Crippen LogP contribution is 2.26. The van der Waals surface area contributed by atoms with Crippen LogP contribution in [0.4, 0.5) is 0 Å². The highest BCUT2D eigenvalue weighted by atomic mass is 15.1. The van der Waals surface area contributed by atoms with Gasteiger partial charge in [0.25, 0.3) is 5.82 Å². The van der Waals surface area contributed by atoms with Crippen molar-refractivity contribution in [3.63, 3.8) is 0 Å². The smallest absolute Gasteiger partial charge is 0.247 e. The fourth-order valence-electron chi connectivity index (χ4n) is 5.71. The van der Waals surface area contributed by atoms with Gasteiger partial charge in [0.05, 0.1) is 12.0 Å². The van der Waals surface area contributed by atoms with Gasteiger partial charge in [-0.05, 0) is 32.6 Å². The first-order valence-corrected chi connectivity index (χ1v) is 16.3. The molecule has 0 saturated carbocycles. The van der Waals surface area contributed by atoms with E-state index >= 15 is 0 Å². The van der Waals surface area contributed by atoms with Gasteiger partial charge in [-0.15, -0.1) is 0 Å². The van der Waals surface area contributed by atoms with Crippen molar-refractivity contribution in [3.05, 3.63) is 18.2 Å². The van der Waals surface area contributed by atoms with Crippen molar-refractivity contribution in [2.24, 2.45) is 0 Å². The molecule has 2 heteroatoms. The average molecular weight is 490 g/mol. The summed E-state index contributed by atoms with van der Waals surface area (Å²) < 4.78 is 2.60. The Balaban J connectivity index is 2.27. The summed E-state index contributed by atoms with van der Waals surface area (Å²) >= 11 is 0. The summed E-state index contributed by atoms with van der Waals surface area (Å²) in [5.41, 5.74) is 0. The average Bonchev–Trinajstić information content (AvgIpc) is 3.36. The van der Waals surface area contributed by atoms with E-state index in [1.807, 2.05) is 0 Å². The van der Waals surface area contributed by atoms with E-state index < -0.39 is 0 Å². The Labute approximate surface area is 221 Å². The molecule has 1 aromatic rings. The van der Waals surface area contributed by atoms with E-state index in [4.69, 9.17) is 0 Å². The molecule has 0 spiro atoms. The molecule has 35 heavy (non-hydrogen) atoms. The van der Waals surface area contributed by atoms with Crippen LogP contribution < -0.4 is 4.57 Å². The molecule has 0 aliphatic heterocycles. The lowest BCUT2D eigenvalue weighted by Gasteiger charge is -2.17. The zero-order valence-electron chi connectivity index (χ0n) is 24.7. The predicted octanol–water partition coefficient (Wildman–Crippen LogP) is 11.4. The van der Waals surface area contributed by atoms with Crippen LogP contribution in [-0.4, -0.2) is 4.98 Å². The van der Waals surface area contributed by atoms with Crippen molar-refractivity contribution in [1.29, 1.82) is 0 Å². The third-order valence-electron chi connectivity index (χ3n) is 8.14. The van der Waals surface area contributed by atoms with Crippen molar-refractivity contribution in [2.45, 2.75) is 194 Å². The Bertz CT molecular complexity index is 549. The first kappa shape index (κ1) is 32.2. The third-order valence-corrected chi connectivity index (χ3v) is 8.14. The number of imidazole rings is 1. The number of aromatic nitrogens is 2. The topological polar surface area (TPSA) is 19.7 Å². The summed E-state index contributed by atoms with van der Waals surface area (Å²) in [6.45, 7) is 9.40. The van der Waals surface area contributed by atoms with E-state index in [1.165, 1.54) is 160 Å². The third kappa shape index (κ3) is 16.6. The van der Waals surface area contributed by atoms with Crippen LogP contribution in [0.25, 0.3) is 0 Å². The number of unbranched alkanes of at least 4 members (excludes halogenated alkanes) is 18. The summed E-state index contributed by atoms with van der Waals surface area (Å²) in [5.74, 6) is 2.22. The molecular formula is C33H65N2+. The van der Waals surface area contributed by atoms with Crippen LogP contribution in [0.2, 0.25) is 0 Å². The number of nitrogens with one attached hydrogen (secondary N) is 1. The SMILES string of the molecule is CCCCCCCCCCCCCCC(C)[n+]1cc[nH]c1C(CCCC)CCCCCCCCC. The maximum absolute atomic E-state index is 3.67. The second kappa shape index (κ2) is 23.6. The molecule has 206 valence electrons. The van der Waals surface area contributed by atoms with Crippen molar-refractivity contribution in [1.82, 2.24) is 4.98 Å². The standard InChI is InChI=1S/C33H64N2/c1-5-8-11-13-15-16-17-18-19-21-22-24-26-31(4)35-30-29-34-33(35)32(27-10-7-3)28-25-23-20-14-12-9-6-2/h29-32H,5-28H2,1-4H3/p+1. The lowest BCUT2D eigenvalue weighted by Crippen LogP contribution is -2.41. The minimum atomic E-state index is 0.623. The van der Waals surface area contributed by atoms with Crippen molar-refractivity contribution in [2.75, 3.05) is 0 Å². The molecule has 2 unspecified atom stereocenters. The number of nitrogens with zero attached hydrogens (tertiary/aromatic N) is 1. The zero-order valence-corrected chi connectivity index (χ0v) is 24.7. The van der Waals surface area contributed by atoms with Crippen LogP contribution in [0.1, 0.15) is 200 Å². The number of rotatable bonds is 26. The van der Waals surface area contributed by atoms with Crippen molar-refractivity contribution < 1.29 is 4.57 Å². The molecular weight excluding hydrogens is 424 g/mol. The molecule has 0 fully saturated rings. The first-order chi connectivity index (χ1) is 17.2. The molecule has 0 aromatic carbocycles. The minimum Gasteiger partial charge on any atom is -0.247 e. The maximum Gasteiger partial charge on any atom is 0.257 e. The highest BCUT2D eigenvalue weighted by molar-refractivity contribution is 4.90. The highest BCUT2D eigenvalue weighted by Gasteiger charge is 2.25. The summed E-state index contributed by atoms with van der Waals surface area (Å²) in [6, 6.07) is 0.623. The fraction of sp³-hybridized carbons (Fsp3) is 0.909. The molecule has 1 heterocycles. The van der Waals surface area contributed by atoms with Crippen molar-refractivity contribution >= 4 is 0 Å². The molecule has 1 rings (SSSR count). The van der Waals surface area contributed by atoms with Gasteiger partial charge in [-0.1, -0.05) is 149 Å². The van der Waals surface area contributed by atoms with E-state index in [-0.39, 0.29) is 0 Å². The van der Waals surface area contributed by atoms with Crippen LogP contribution in [0.3, 0.4) is 0 Å². The van der Waals surface area contributed by atoms with E-state index in [9.17, 15) is 0 Å².